The minimum Gasteiger partial charge on any atom is -0.0770 e. The molecule has 3 unspecified atom stereocenters. The zero-order chi connectivity index (χ0) is 21.4. The van der Waals surface area contributed by atoms with Crippen LogP contribution in [0.25, 0.3) is 0 Å². The number of fused-ring (bicyclic) bond motifs is 3. The molecule has 0 nitrogen and oxygen atoms in total. The molecule has 0 aromatic heterocycles. The Bertz CT molecular complexity index is 1120. The topological polar surface area (TPSA) is 0 Å². The molecule has 0 bridgehead atoms. The zero-order valence-corrected chi connectivity index (χ0v) is 18.9. The second-order valence-corrected chi connectivity index (χ2v) is 9.35. The molecular formula is C31H32. The maximum Gasteiger partial charge on any atom is 0.00825 e. The summed E-state index contributed by atoms with van der Waals surface area (Å²) in [6, 6.07) is 11.0. The number of benzene rings is 1. The van der Waals surface area contributed by atoms with Gasteiger partial charge in [-0.25, -0.2) is 0 Å². The Morgan fingerprint density at radius 2 is 1.55 bits per heavy atom. The van der Waals surface area contributed by atoms with Crippen molar-refractivity contribution in [3.63, 3.8) is 0 Å². The quantitative estimate of drug-likeness (QED) is 0.475. The lowest BCUT2D eigenvalue weighted by Crippen LogP contribution is -2.18. The summed E-state index contributed by atoms with van der Waals surface area (Å²) in [5.74, 6) is 1.38. The summed E-state index contributed by atoms with van der Waals surface area (Å²) < 4.78 is 0. The average molecular weight is 405 g/mol. The van der Waals surface area contributed by atoms with Crippen molar-refractivity contribution in [2.24, 2.45) is 11.8 Å². The molecule has 3 atom stereocenters. The molecule has 4 aliphatic rings. The minimum atomic E-state index is 0.425. The molecule has 0 amide bonds. The van der Waals surface area contributed by atoms with Crippen LogP contribution in [0.4, 0.5) is 0 Å². The van der Waals surface area contributed by atoms with Crippen molar-refractivity contribution in [2.45, 2.75) is 46.0 Å². The van der Waals surface area contributed by atoms with Gasteiger partial charge in [-0.2, -0.15) is 0 Å². The van der Waals surface area contributed by atoms with Crippen LogP contribution in [0.5, 0.6) is 0 Å². The van der Waals surface area contributed by atoms with Gasteiger partial charge in [0.2, 0.25) is 0 Å². The lowest BCUT2D eigenvalue weighted by atomic mass is 9.74. The smallest absolute Gasteiger partial charge is 0.00825 e. The van der Waals surface area contributed by atoms with Crippen LogP contribution in [0.3, 0.4) is 0 Å². The Balaban J connectivity index is 1.51. The van der Waals surface area contributed by atoms with E-state index in [1.807, 2.05) is 0 Å². The third-order valence-corrected chi connectivity index (χ3v) is 7.45. The van der Waals surface area contributed by atoms with E-state index in [1.54, 1.807) is 5.57 Å². The predicted molar refractivity (Wildman–Crippen MR) is 133 cm³/mol. The largest absolute Gasteiger partial charge is 0.0770 e. The average Bonchev–Trinajstić information content (AvgIpc) is 3.52. The van der Waals surface area contributed by atoms with Gasteiger partial charge >= 0.3 is 0 Å². The standard InChI is InChI=1S/C31H32/c1-21-10-7-13-26(20-25-14-8-16-28(25)30-17-9-15-27(21)30)29-19-18-22(2)31(29)23(3)24-11-5-4-6-12-24/h4-7,10-19,23,26,31H,8-9,20H2,1-3H3/b13-7-,21-10+. The summed E-state index contributed by atoms with van der Waals surface area (Å²) in [7, 11) is 0. The molecule has 0 saturated heterocycles. The number of rotatable bonds is 3. The lowest BCUT2D eigenvalue weighted by Gasteiger charge is -2.30. The second-order valence-electron chi connectivity index (χ2n) is 9.35. The Hall–Kier alpha value is -2.86. The minimum absolute atomic E-state index is 0.425. The van der Waals surface area contributed by atoms with E-state index in [2.05, 4.69) is 106 Å². The summed E-state index contributed by atoms with van der Waals surface area (Å²) in [4.78, 5) is 0. The zero-order valence-electron chi connectivity index (χ0n) is 18.9. The highest BCUT2D eigenvalue weighted by atomic mass is 14.4. The molecule has 1 aromatic carbocycles. The van der Waals surface area contributed by atoms with Crippen molar-refractivity contribution in [2.75, 3.05) is 0 Å². The van der Waals surface area contributed by atoms with Gasteiger partial charge in [0.15, 0.2) is 0 Å². The van der Waals surface area contributed by atoms with E-state index in [4.69, 9.17) is 0 Å². The highest BCUT2D eigenvalue weighted by molar-refractivity contribution is 5.66. The van der Waals surface area contributed by atoms with Crippen molar-refractivity contribution >= 4 is 0 Å². The van der Waals surface area contributed by atoms with Crippen molar-refractivity contribution in [3.05, 3.63) is 130 Å². The molecule has 1 aromatic rings. The molecule has 0 N–H and O–H groups in total. The summed E-state index contributed by atoms with van der Waals surface area (Å²) in [5, 5.41) is 0. The highest BCUT2D eigenvalue weighted by Crippen LogP contribution is 2.46. The normalized spacial score (nSPS) is 28.7. The fraction of sp³-hybridized carbons (Fsp3) is 0.290. The molecule has 5 rings (SSSR count). The SMILES string of the molecule is CC1=CC=C(C2/C=C\C=C(/C)C3=CCC=C3C3=CCC=C3C2)C1C(C)c1ccccc1. The maximum atomic E-state index is 2.46. The van der Waals surface area contributed by atoms with Gasteiger partial charge in [0.25, 0.3) is 0 Å². The van der Waals surface area contributed by atoms with Crippen molar-refractivity contribution in [1.82, 2.24) is 0 Å². The van der Waals surface area contributed by atoms with Crippen molar-refractivity contribution in [1.29, 1.82) is 0 Å². The fourth-order valence-corrected chi connectivity index (χ4v) is 5.82. The van der Waals surface area contributed by atoms with E-state index in [0.717, 1.165) is 19.3 Å². The lowest BCUT2D eigenvalue weighted by molar-refractivity contribution is 0.538. The molecule has 0 saturated carbocycles. The van der Waals surface area contributed by atoms with E-state index >= 15 is 0 Å². The first kappa shape index (κ1) is 20.1. The third-order valence-electron chi connectivity index (χ3n) is 7.45. The van der Waals surface area contributed by atoms with Gasteiger partial charge in [-0.3, -0.25) is 0 Å². The molecule has 156 valence electrons. The highest BCUT2D eigenvalue weighted by Gasteiger charge is 2.32. The Kier molecular flexibility index (Phi) is 5.40. The van der Waals surface area contributed by atoms with Crippen LogP contribution in [0.1, 0.15) is 51.5 Å². The summed E-state index contributed by atoms with van der Waals surface area (Å²) >= 11 is 0. The third kappa shape index (κ3) is 3.69. The molecule has 0 heteroatoms. The molecule has 0 radical (unpaired) electrons. The number of hydrogen-bond donors (Lipinski definition) is 0. The van der Waals surface area contributed by atoms with Crippen LogP contribution >= 0.6 is 0 Å². The molecule has 0 aliphatic heterocycles. The Morgan fingerprint density at radius 3 is 2.39 bits per heavy atom. The van der Waals surface area contributed by atoms with Crippen LogP contribution < -0.4 is 0 Å². The molecule has 0 fully saturated rings. The van der Waals surface area contributed by atoms with E-state index in [1.165, 1.54) is 39.0 Å². The van der Waals surface area contributed by atoms with Crippen LogP contribution in [0.2, 0.25) is 0 Å². The molecule has 31 heavy (non-hydrogen) atoms. The number of allylic oxidation sites excluding steroid dienone is 16. The second kappa shape index (κ2) is 8.35. The molecular weight excluding hydrogens is 372 g/mol. The van der Waals surface area contributed by atoms with E-state index < -0.39 is 0 Å². The maximum absolute atomic E-state index is 2.46. The van der Waals surface area contributed by atoms with Gasteiger partial charge in [0, 0.05) is 11.8 Å². The monoisotopic (exact) mass is 404 g/mol. The first-order chi connectivity index (χ1) is 15.1. The predicted octanol–water partition coefficient (Wildman–Crippen LogP) is 8.33. The molecule has 0 heterocycles. The van der Waals surface area contributed by atoms with Crippen LogP contribution in [-0.4, -0.2) is 0 Å². The first-order valence-electron chi connectivity index (χ1n) is 11.7. The first-order valence-corrected chi connectivity index (χ1v) is 11.7. The fourth-order valence-electron chi connectivity index (χ4n) is 5.82. The Labute approximate surface area is 187 Å². The van der Waals surface area contributed by atoms with E-state index in [-0.39, 0.29) is 0 Å². The van der Waals surface area contributed by atoms with Gasteiger partial charge < -0.3 is 0 Å². The van der Waals surface area contributed by atoms with Crippen LogP contribution in [0.15, 0.2) is 124 Å². The van der Waals surface area contributed by atoms with Crippen LogP contribution in [0, 0.1) is 11.8 Å². The van der Waals surface area contributed by atoms with Crippen molar-refractivity contribution < 1.29 is 0 Å². The van der Waals surface area contributed by atoms with E-state index in [9.17, 15) is 0 Å². The summed E-state index contributed by atoms with van der Waals surface area (Å²) in [6.07, 6.45) is 24.7. The molecule has 4 aliphatic carbocycles. The van der Waals surface area contributed by atoms with Crippen molar-refractivity contribution in [3.8, 4) is 0 Å². The van der Waals surface area contributed by atoms with Gasteiger partial charge in [-0.05, 0) is 72.5 Å². The summed E-state index contributed by atoms with van der Waals surface area (Å²) in [6.45, 7) is 6.96. The number of hydrogen-bond acceptors (Lipinski definition) is 0. The van der Waals surface area contributed by atoms with Gasteiger partial charge in [0.1, 0.15) is 0 Å². The molecule has 0 spiro atoms. The van der Waals surface area contributed by atoms with Crippen LogP contribution in [-0.2, 0) is 0 Å². The van der Waals surface area contributed by atoms with E-state index in [0.29, 0.717) is 17.8 Å². The van der Waals surface area contributed by atoms with Gasteiger partial charge in [-0.1, -0.05) is 103 Å². The summed E-state index contributed by atoms with van der Waals surface area (Å²) in [5.41, 5.74) is 11.7. The van der Waals surface area contributed by atoms with Gasteiger partial charge in [0.05, 0.1) is 0 Å². The van der Waals surface area contributed by atoms with Gasteiger partial charge in [-0.15, -0.1) is 0 Å². The Morgan fingerprint density at radius 1 is 0.806 bits per heavy atom.